The highest BCUT2D eigenvalue weighted by atomic mass is 32.2. The number of fused-ring (bicyclic) bond motifs is 1. The van der Waals surface area contributed by atoms with Crippen LogP contribution in [0.5, 0.6) is 0 Å². The van der Waals surface area contributed by atoms with Crippen LogP contribution in [0.3, 0.4) is 0 Å². The summed E-state index contributed by atoms with van der Waals surface area (Å²) in [7, 11) is 0. The second-order valence-corrected chi connectivity index (χ2v) is 8.76. The normalized spacial score (nSPS) is 11.4. The largest absolute Gasteiger partial charge is 0.360 e. The number of aryl methyl sites for hydroxylation is 3. The molecular weight excluding hydrogens is 412 g/mol. The van der Waals surface area contributed by atoms with Crippen molar-refractivity contribution < 1.29 is 9.32 Å². The lowest BCUT2D eigenvalue weighted by Crippen LogP contribution is -2.14. The van der Waals surface area contributed by atoms with Gasteiger partial charge in [-0.3, -0.25) is 4.79 Å². The zero-order chi connectivity index (χ0) is 22.1. The van der Waals surface area contributed by atoms with Crippen LogP contribution in [0.15, 0.2) is 40.0 Å². The van der Waals surface area contributed by atoms with Gasteiger partial charge in [0.1, 0.15) is 16.3 Å². The van der Waals surface area contributed by atoms with E-state index in [2.05, 4.69) is 65.6 Å². The molecule has 0 spiro atoms. The molecule has 8 nitrogen and oxygen atoms in total. The maximum atomic E-state index is 12.4. The molecule has 1 N–H and O–H groups in total. The highest BCUT2D eigenvalue weighted by Crippen LogP contribution is 2.32. The molecule has 0 atom stereocenters. The van der Waals surface area contributed by atoms with Gasteiger partial charge < -0.3 is 9.84 Å². The van der Waals surface area contributed by atoms with Gasteiger partial charge in [0.15, 0.2) is 5.82 Å². The molecule has 1 amide bonds. The Labute approximate surface area is 184 Å². The Balaban J connectivity index is 1.69. The number of hydrogen-bond acceptors (Lipinski definition) is 7. The van der Waals surface area contributed by atoms with E-state index in [1.54, 1.807) is 13.0 Å². The lowest BCUT2D eigenvalue weighted by molar-refractivity contribution is -0.113. The van der Waals surface area contributed by atoms with E-state index in [-0.39, 0.29) is 17.6 Å². The summed E-state index contributed by atoms with van der Waals surface area (Å²) in [6.45, 7) is 10.1. The van der Waals surface area contributed by atoms with Crippen LogP contribution in [0.25, 0.3) is 16.6 Å². The van der Waals surface area contributed by atoms with E-state index >= 15 is 0 Å². The Morgan fingerprint density at radius 1 is 1.16 bits per heavy atom. The van der Waals surface area contributed by atoms with E-state index in [0.717, 1.165) is 22.3 Å². The van der Waals surface area contributed by atoms with Crippen molar-refractivity contribution in [3.63, 3.8) is 0 Å². The third-order valence-electron chi connectivity index (χ3n) is 5.01. The Morgan fingerprint density at radius 3 is 2.65 bits per heavy atom. The monoisotopic (exact) mass is 436 g/mol. The van der Waals surface area contributed by atoms with Crippen molar-refractivity contribution in [2.75, 3.05) is 11.1 Å². The minimum Gasteiger partial charge on any atom is -0.360 e. The van der Waals surface area contributed by atoms with Gasteiger partial charge in [0.05, 0.1) is 23.3 Å². The Kier molecular flexibility index (Phi) is 5.77. The molecule has 9 heteroatoms. The predicted octanol–water partition coefficient (Wildman–Crippen LogP) is 4.58. The summed E-state index contributed by atoms with van der Waals surface area (Å²) >= 11 is 1.32. The molecule has 31 heavy (non-hydrogen) atoms. The van der Waals surface area contributed by atoms with Crippen molar-refractivity contribution in [2.45, 2.75) is 45.6 Å². The van der Waals surface area contributed by atoms with Crippen molar-refractivity contribution in [3.8, 4) is 5.69 Å². The van der Waals surface area contributed by atoms with Crippen LogP contribution in [0.4, 0.5) is 5.82 Å². The number of rotatable bonds is 6. The van der Waals surface area contributed by atoms with Gasteiger partial charge in [-0.2, -0.15) is 10.2 Å². The molecule has 4 rings (SSSR count). The first-order chi connectivity index (χ1) is 14.8. The summed E-state index contributed by atoms with van der Waals surface area (Å²) in [6, 6.07) is 7.90. The van der Waals surface area contributed by atoms with E-state index < -0.39 is 0 Å². The van der Waals surface area contributed by atoms with Crippen LogP contribution in [0, 0.1) is 20.8 Å². The molecule has 1 aromatic carbocycles. The molecule has 0 aliphatic rings. The van der Waals surface area contributed by atoms with E-state index in [1.165, 1.54) is 22.9 Å². The number of carbonyl (C=O) groups excluding carboxylic acids is 1. The molecule has 0 unspecified atom stereocenters. The summed E-state index contributed by atoms with van der Waals surface area (Å²) in [5, 5.41) is 21.6. The van der Waals surface area contributed by atoms with Gasteiger partial charge in [0.25, 0.3) is 0 Å². The first-order valence-corrected chi connectivity index (χ1v) is 11.0. The third-order valence-corrected chi connectivity index (χ3v) is 5.97. The van der Waals surface area contributed by atoms with Crippen LogP contribution in [0.1, 0.15) is 42.3 Å². The van der Waals surface area contributed by atoms with Gasteiger partial charge in [0.2, 0.25) is 5.91 Å². The Morgan fingerprint density at radius 2 is 1.97 bits per heavy atom. The molecule has 0 aliphatic carbocycles. The average molecular weight is 437 g/mol. The summed E-state index contributed by atoms with van der Waals surface area (Å²) in [4.78, 5) is 12.4. The molecule has 0 radical (unpaired) electrons. The van der Waals surface area contributed by atoms with E-state index in [1.807, 2.05) is 16.9 Å². The standard InChI is InChI=1S/C22H24N6O2S/c1-12(2)20-17-10-23-28(16-7-6-13(3)14(4)8-16)21(17)22(26-25-20)31-11-19(29)24-18-9-15(5)30-27-18/h6-10,12H,11H2,1-5H3,(H,24,27,29). The maximum Gasteiger partial charge on any atom is 0.236 e. The molecule has 0 bridgehead atoms. The fraction of sp³-hybridized carbons (Fsp3) is 0.318. The summed E-state index contributed by atoms with van der Waals surface area (Å²) in [5.41, 5.74) is 5.10. The van der Waals surface area contributed by atoms with Crippen LogP contribution in [-0.4, -0.2) is 36.8 Å². The Hall–Kier alpha value is -3.20. The van der Waals surface area contributed by atoms with Crippen LogP contribution in [0.2, 0.25) is 0 Å². The molecule has 3 aromatic heterocycles. The first kappa shape index (κ1) is 21.0. The van der Waals surface area contributed by atoms with Crippen molar-refractivity contribution in [1.82, 2.24) is 25.1 Å². The van der Waals surface area contributed by atoms with Gasteiger partial charge >= 0.3 is 0 Å². The third kappa shape index (κ3) is 4.32. The molecule has 0 saturated heterocycles. The number of benzene rings is 1. The first-order valence-electron chi connectivity index (χ1n) is 10.0. The van der Waals surface area contributed by atoms with Crippen molar-refractivity contribution in [3.05, 3.63) is 53.0 Å². The molecule has 0 saturated carbocycles. The summed E-state index contributed by atoms with van der Waals surface area (Å²) < 4.78 is 6.87. The quantitative estimate of drug-likeness (QED) is 0.442. The minimum atomic E-state index is -0.196. The number of anilines is 1. The van der Waals surface area contributed by atoms with Gasteiger partial charge in [-0.25, -0.2) is 4.68 Å². The van der Waals surface area contributed by atoms with E-state index in [0.29, 0.717) is 16.6 Å². The number of nitrogens with zero attached hydrogens (tertiary/aromatic N) is 5. The molecule has 4 aromatic rings. The van der Waals surface area contributed by atoms with Gasteiger partial charge in [0, 0.05) is 11.5 Å². The highest BCUT2D eigenvalue weighted by molar-refractivity contribution is 8.00. The minimum absolute atomic E-state index is 0.162. The highest BCUT2D eigenvalue weighted by Gasteiger charge is 2.19. The number of hydrogen-bond donors (Lipinski definition) is 1. The molecular formula is C22H24N6O2S. The zero-order valence-electron chi connectivity index (χ0n) is 18.1. The topological polar surface area (TPSA) is 98.7 Å². The predicted molar refractivity (Wildman–Crippen MR) is 121 cm³/mol. The average Bonchev–Trinajstić information content (AvgIpc) is 3.34. The molecule has 0 fully saturated rings. The second kappa shape index (κ2) is 8.50. The number of amides is 1. The molecule has 3 heterocycles. The smallest absolute Gasteiger partial charge is 0.236 e. The fourth-order valence-corrected chi connectivity index (χ4v) is 4.03. The maximum absolute atomic E-state index is 12.4. The second-order valence-electron chi connectivity index (χ2n) is 7.79. The Bertz CT molecular complexity index is 1260. The summed E-state index contributed by atoms with van der Waals surface area (Å²) in [6.07, 6.45) is 1.83. The fourth-order valence-electron chi connectivity index (χ4n) is 3.26. The van der Waals surface area contributed by atoms with E-state index in [4.69, 9.17) is 4.52 Å². The van der Waals surface area contributed by atoms with Crippen molar-refractivity contribution >= 4 is 34.4 Å². The van der Waals surface area contributed by atoms with Crippen LogP contribution >= 0.6 is 11.8 Å². The lowest BCUT2D eigenvalue weighted by Gasteiger charge is -2.11. The lowest BCUT2D eigenvalue weighted by atomic mass is 10.1. The number of aromatic nitrogens is 5. The van der Waals surface area contributed by atoms with Crippen molar-refractivity contribution in [2.24, 2.45) is 0 Å². The number of carbonyl (C=O) groups is 1. The number of thioether (sulfide) groups is 1. The molecule has 0 aliphatic heterocycles. The van der Waals surface area contributed by atoms with Crippen LogP contribution in [-0.2, 0) is 4.79 Å². The van der Waals surface area contributed by atoms with Crippen LogP contribution < -0.4 is 5.32 Å². The van der Waals surface area contributed by atoms with Crippen molar-refractivity contribution in [1.29, 1.82) is 0 Å². The molecule has 160 valence electrons. The summed E-state index contributed by atoms with van der Waals surface area (Å²) in [5.74, 6) is 1.20. The number of nitrogens with one attached hydrogen (secondary N) is 1. The van der Waals surface area contributed by atoms with Gasteiger partial charge in [-0.05, 0) is 49.9 Å². The van der Waals surface area contributed by atoms with E-state index in [9.17, 15) is 4.79 Å². The van der Waals surface area contributed by atoms with Gasteiger partial charge in [-0.1, -0.05) is 36.8 Å². The van der Waals surface area contributed by atoms with Gasteiger partial charge in [-0.15, -0.1) is 5.10 Å². The SMILES string of the molecule is Cc1cc(NC(=O)CSc2nnc(C(C)C)c3cnn(-c4ccc(C)c(C)c4)c23)no1. The zero-order valence-corrected chi connectivity index (χ0v) is 18.9.